The number of methoxy groups -OCH3 is 1. The zero-order valence-corrected chi connectivity index (χ0v) is 14.3. The summed E-state index contributed by atoms with van der Waals surface area (Å²) in [5, 5.41) is 5.30. The van der Waals surface area contributed by atoms with Gasteiger partial charge in [0.2, 0.25) is 0 Å². The smallest absolute Gasteiger partial charge is 0.252 e. The van der Waals surface area contributed by atoms with Crippen LogP contribution in [0.1, 0.15) is 27.0 Å². The van der Waals surface area contributed by atoms with E-state index in [1.807, 2.05) is 12.1 Å². The quantitative estimate of drug-likeness (QED) is 0.482. The molecule has 1 aliphatic heterocycles. The van der Waals surface area contributed by atoms with E-state index in [9.17, 15) is 4.79 Å². The number of hydrogen-bond donors (Lipinski definition) is 2. The summed E-state index contributed by atoms with van der Waals surface area (Å²) in [7, 11) is 1.68. The number of carbonyl (C=O) groups is 1. The second kappa shape index (κ2) is 4.67. The van der Waals surface area contributed by atoms with Crippen LogP contribution in [0.3, 0.4) is 0 Å². The van der Waals surface area contributed by atoms with Crippen molar-refractivity contribution < 1.29 is 9.53 Å². The Kier molecular flexibility index (Phi) is 2.51. The minimum atomic E-state index is 0.0344. The van der Waals surface area contributed by atoms with E-state index in [2.05, 4.69) is 40.6 Å². The van der Waals surface area contributed by atoms with Gasteiger partial charge in [-0.2, -0.15) is 0 Å². The van der Waals surface area contributed by atoms with Gasteiger partial charge in [0, 0.05) is 34.8 Å². The molecule has 2 N–H and O–H groups in total. The van der Waals surface area contributed by atoms with E-state index in [1.165, 1.54) is 16.7 Å². The normalized spacial score (nSPS) is 14.4. The first kappa shape index (κ1) is 14.0. The first-order valence-electron chi connectivity index (χ1n) is 8.80. The second-order valence-electron chi connectivity index (χ2n) is 7.01. The van der Waals surface area contributed by atoms with Crippen molar-refractivity contribution in [2.75, 3.05) is 7.11 Å². The van der Waals surface area contributed by atoms with Gasteiger partial charge >= 0.3 is 0 Å². The summed E-state index contributed by atoms with van der Waals surface area (Å²) in [5.41, 5.74) is 8.98. The predicted molar refractivity (Wildman–Crippen MR) is 102 cm³/mol. The zero-order chi connectivity index (χ0) is 17.4. The van der Waals surface area contributed by atoms with Crippen LogP contribution in [0.2, 0.25) is 0 Å². The highest BCUT2D eigenvalue weighted by Crippen LogP contribution is 2.47. The topological polar surface area (TPSA) is 54.1 Å². The lowest BCUT2D eigenvalue weighted by Gasteiger charge is -2.09. The number of amides is 1. The molecule has 4 heteroatoms. The summed E-state index contributed by atoms with van der Waals surface area (Å²) >= 11 is 0. The van der Waals surface area contributed by atoms with Crippen LogP contribution >= 0.6 is 0 Å². The van der Waals surface area contributed by atoms with Crippen LogP contribution in [0.15, 0.2) is 42.5 Å². The first-order valence-corrected chi connectivity index (χ1v) is 8.80. The number of nitrogens with one attached hydrogen (secondary N) is 2. The minimum absolute atomic E-state index is 0.0344. The maximum Gasteiger partial charge on any atom is 0.252 e. The van der Waals surface area contributed by atoms with Crippen molar-refractivity contribution in [2.45, 2.75) is 13.0 Å². The van der Waals surface area contributed by atoms with Crippen LogP contribution < -0.4 is 10.1 Å². The molecule has 4 aromatic rings. The Morgan fingerprint density at radius 1 is 1.04 bits per heavy atom. The Hall–Kier alpha value is -3.27. The fourth-order valence-corrected chi connectivity index (χ4v) is 4.66. The molecule has 3 aromatic carbocycles. The van der Waals surface area contributed by atoms with Gasteiger partial charge in [0.25, 0.3) is 5.91 Å². The summed E-state index contributed by atoms with van der Waals surface area (Å²) in [5.74, 6) is 0.861. The SMILES string of the molecule is COc1ccc2[nH]c3c4c(c5c(c3c2c1)CNC5=O)-c1ccccc1C4. The average Bonchev–Trinajstić information content (AvgIpc) is 3.33. The summed E-state index contributed by atoms with van der Waals surface area (Å²) in [4.78, 5) is 16.3. The van der Waals surface area contributed by atoms with Gasteiger partial charge in [-0.1, -0.05) is 24.3 Å². The summed E-state index contributed by atoms with van der Waals surface area (Å²) in [6.45, 7) is 0.574. The van der Waals surface area contributed by atoms with Crippen LogP contribution in [0, 0.1) is 0 Å². The highest BCUT2D eigenvalue weighted by atomic mass is 16.5. The number of aromatic nitrogens is 1. The number of rotatable bonds is 1. The molecule has 0 radical (unpaired) electrons. The van der Waals surface area contributed by atoms with Gasteiger partial charge in [-0.15, -0.1) is 0 Å². The van der Waals surface area contributed by atoms with E-state index in [-0.39, 0.29) is 5.91 Å². The fraction of sp³-hybridized carbons (Fsp3) is 0.136. The monoisotopic (exact) mass is 340 g/mol. The third-order valence-corrected chi connectivity index (χ3v) is 5.77. The molecule has 1 aromatic heterocycles. The molecule has 0 saturated carbocycles. The largest absolute Gasteiger partial charge is 0.497 e. The molecule has 26 heavy (non-hydrogen) atoms. The Morgan fingerprint density at radius 2 is 1.92 bits per heavy atom. The molecule has 1 aliphatic carbocycles. The molecule has 0 bridgehead atoms. The molecule has 0 saturated heterocycles. The van der Waals surface area contributed by atoms with Crippen molar-refractivity contribution in [1.82, 2.24) is 10.3 Å². The first-order chi connectivity index (χ1) is 12.8. The predicted octanol–water partition coefficient (Wildman–Crippen LogP) is 4.14. The zero-order valence-electron chi connectivity index (χ0n) is 14.3. The fourth-order valence-electron chi connectivity index (χ4n) is 4.66. The molecule has 0 fully saturated rings. The highest BCUT2D eigenvalue weighted by molar-refractivity contribution is 6.19. The molecule has 0 spiro atoms. The lowest BCUT2D eigenvalue weighted by atomic mass is 9.92. The van der Waals surface area contributed by atoms with Crippen LogP contribution in [0.5, 0.6) is 5.75 Å². The van der Waals surface area contributed by atoms with E-state index in [0.29, 0.717) is 6.54 Å². The third kappa shape index (κ3) is 1.57. The van der Waals surface area contributed by atoms with Crippen molar-refractivity contribution >= 4 is 27.7 Å². The van der Waals surface area contributed by atoms with Gasteiger partial charge in [-0.25, -0.2) is 0 Å². The van der Waals surface area contributed by atoms with Gasteiger partial charge in [-0.05, 0) is 40.5 Å². The van der Waals surface area contributed by atoms with Crippen LogP contribution in [0.4, 0.5) is 0 Å². The molecule has 6 rings (SSSR count). The number of hydrogen-bond acceptors (Lipinski definition) is 2. The van der Waals surface area contributed by atoms with E-state index in [0.717, 1.165) is 50.7 Å². The summed E-state index contributed by atoms with van der Waals surface area (Å²) in [6, 6.07) is 14.5. The Labute approximate surface area is 149 Å². The number of aromatic amines is 1. The average molecular weight is 340 g/mol. The Balaban J connectivity index is 1.83. The van der Waals surface area contributed by atoms with Crippen LogP contribution in [-0.2, 0) is 13.0 Å². The second-order valence-corrected chi connectivity index (χ2v) is 7.01. The van der Waals surface area contributed by atoms with Crippen molar-refractivity contribution in [2.24, 2.45) is 0 Å². The van der Waals surface area contributed by atoms with E-state index < -0.39 is 0 Å². The number of H-pyrrole nitrogens is 1. The molecular formula is C22H16N2O2. The molecule has 1 amide bonds. The van der Waals surface area contributed by atoms with Gasteiger partial charge in [-0.3, -0.25) is 4.79 Å². The van der Waals surface area contributed by atoms with E-state index >= 15 is 0 Å². The van der Waals surface area contributed by atoms with Gasteiger partial charge in [0.1, 0.15) is 5.75 Å². The Morgan fingerprint density at radius 3 is 2.81 bits per heavy atom. The van der Waals surface area contributed by atoms with E-state index in [4.69, 9.17) is 4.74 Å². The lowest BCUT2D eigenvalue weighted by Crippen LogP contribution is -2.13. The number of carbonyl (C=O) groups excluding carboxylic acids is 1. The molecule has 2 aliphatic rings. The molecule has 0 atom stereocenters. The van der Waals surface area contributed by atoms with Crippen molar-refractivity contribution in [3.63, 3.8) is 0 Å². The summed E-state index contributed by atoms with van der Waals surface area (Å²) < 4.78 is 5.43. The Bertz CT molecular complexity index is 1270. The molecule has 126 valence electrons. The number of ether oxygens (including phenoxy) is 1. The lowest BCUT2D eigenvalue weighted by molar-refractivity contribution is 0.0966. The van der Waals surface area contributed by atoms with E-state index in [1.54, 1.807) is 7.11 Å². The van der Waals surface area contributed by atoms with Crippen molar-refractivity contribution in [3.05, 3.63) is 64.7 Å². The third-order valence-electron chi connectivity index (χ3n) is 5.77. The number of fused-ring (bicyclic) bond motifs is 10. The van der Waals surface area contributed by atoms with Gasteiger partial charge < -0.3 is 15.0 Å². The molecule has 0 unspecified atom stereocenters. The molecular weight excluding hydrogens is 324 g/mol. The van der Waals surface area contributed by atoms with Crippen LogP contribution in [-0.4, -0.2) is 18.0 Å². The maximum absolute atomic E-state index is 12.7. The van der Waals surface area contributed by atoms with Gasteiger partial charge in [0.15, 0.2) is 0 Å². The number of benzene rings is 3. The molecule has 4 nitrogen and oxygen atoms in total. The maximum atomic E-state index is 12.7. The van der Waals surface area contributed by atoms with Crippen molar-refractivity contribution in [3.8, 4) is 16.9 Å². The highest BCUT2D eigenvalue weighted by Gasteiger charge is 2.34. The van der Waals surface area contributed by atoms with Crippen LogP contribution in [0.25, 0.3) is 32.9 Å². The minimum Gasteiger partial charge on any atom is -0.497 e. The van der Waals surface area contributed by atoms with Gasteiger partial charge in [0.05, 0.1) is 18.2 Å². The summed E-state index contributed by atoms with van der Waals surface area (Å²) in [6.07, 6.45) is 0.854. The standard InChI is InChI=1S/C22H16N2O2/c1-26-12-6-7-17-14(9-12)19-16-10-23-22(25)20(16)18-13-5-3-2-4-11(13)8-15(18)21(19)24-17/h2-7,9,24H,8,10H2,1H3,(H,23,25). The molecule has 2 heterocycles. The van der Waals surface area contributed by atoms with Crippen molar-refractivity contribution in [1.29, 1.82) is 0 Å².